The summed E-state index contributed by atoms with van der Waals surface area (Å²) in [7, 11) is 1.19. The summed E-state index contributed by atoms with van der Waals surface area (Å²) in [5.41, 5.74) is 0.839. The second kappa shape index (κ2) is 9.99. The minimum Gasteiger partial charge on any atom is -0.480 e. The van der Waals surface area contributed by atoms with Gasteiger partial charge in [0.1, 0.15) is 6.04 Å². The van der Waals surface area contributed by atoms with Gasteiger partial charge in [-0.1, -0.05) is 66.7 Å². The molecule has 0 bridgehead atoms. The molecule has 0 aromatic heterocycles. The van der Waals surface area contributed by atoms with Crippen molar-refractivity contribution in [1.29, 1.82) is 0 Å². The van der Waals surface area contributed by atoms with Crippen molar-refractivity contribution >= 4 is 12.1 Å². The molecule has 0 saturated carbocycles. The lowest BCUT2D eigenvalue weighted by Crippen LogP contribution is -2.42. The molecular formula is C17H19NO4. The number of carbonyl (C=O) groups excluding carboxylic acids is 1. The van der Waals surface area contributed by atoms with Gasteiger partial charge in [0.15, 0.2) is 0 Å². The number of rotatable bonds is 4. The first kappa shape index (κ1) is 17.2. The van der Waals surface area contributed by atoms with Crippen LogP contribution in [0.4, 0.5) is 4.79 Å². The lowest BCUT2D eigenvalue weighted by atomic mass is 10.1. The average molecular weight is 301 g/mol. The molecule has 116 valence electrons. The Labute approximate surface area is 129 Å². The Kier molecular flexibility index (Phi) is 7.82. The van der Waals surface area contributed by atoms with Crippen molar-refractivity contribution in [3.05, 3.63) is 72.3 Å². The molecule has 0 fully saturated rings. The SMILES string of the molecule is COC(=O)N[C@H](Cc1ccccc1)C(=O)O.c1ccccc1. The van der Waals surface area contributed by atoms with Gasteiger partial charge < -0.3 is 15.2 Å². The number of ether oxygens (including phenoxy) is 1. The zero-order valence-corrected chi connectivity index (χ0v) is 12.3. The molecular weight excluding hydrogens is 282 g/mol. The fourth-order valence-corrected chi connectivity index (χ4v) is 1.64. The highest BCUT2D eigenvalue weighted by Gasteiger charge is 2.20. The van der Waals surface area contributed by atoms with Crippen molar-refractivity contribution < 1.29 is 19.4 Å². The summed E-state index contributed by atoms with van der Waals surface area (Å²) in [5.74, 6) is -1.09. The van der Waals surface area contributed by atoms with Crippen LogP contribution in [0.5, 0.6) is 0 Å². The van der Waals surface area contributed by atoms with Crippen molar-refractivity contribution in [3.8, 4) is 0 Å². The molecule has 0 saturated heterocycles. The van der Waals surface area contributed by atoms with E-state index in [1.807, 2.05) is 54.6 Å². The maximum absolute atomic E-state index is 10.9. The third-order valence-electron chi connectivity index (χ3n) is 2.72. The smallest absolute Gasteiger partial charge is 0.407 e. The van der Waals surface area contributed by atoms with Gasteiger partial charge in [0.2, 0.25) is 0 Å². The Morgan fingerprint density at radius 3 is 1.86 bits per heavy atom. The molecule has 0 heterocycles. The lowest BCUT2D eigenvalue weighted by Gasteiger charge is -2.13. The molecule has 2 aromatic rings. The van der Waals surface area contributed by atoms with E-state index in [1.54, 1.807) is 12.1 Å². The van der Waals surface area contributed by atoms with E-state index in [1.165, 1.54) is 7.11 Å². The van der Waals surface area contributed by atoms with Crippen molar-refractivity contribution in [1.82, 2.24) is 5.32 Å². The molecule has 0 unspecified atom stereocenters. The van der Waals surface area contributed by atoms with Gasteiger partial charge in [-0.05, 0) is 5.56 Å². The largest absolute Gasteiger partial charge is 0.480 e. The fourth-order valence-electron chi connectivity index (χ4n) is 1.64. The Hall–Kier alpha value is -2.82. The molecule has 0 aliphatic carbocycles. The first-order valence-corrected chi connectivity index (χ1v) is 6.74. The molecule has 5 heteroatoms. The summed E-state index contributed by atoms with van der Waals surface area (Å²) in [6.07, 6.45) is -0.519. The molecule has 1 amide bonds. The van der Waals surface area contributed by atoms with Crippen LogP contribution in [0.1, 0.15) is 5.56 Å². The molecule has 22 heavy (non-hydrogen) atoms. The average Bonchev–Trinajstić information content (AvgIpc) is 2.57. The number of hydrogen-bond donors (Lipinski definition) is 2. The normalized spacial score (nSPS) is 10.6. The van der Waals surface area contributed by atoms with Gasteiger partial charge in [-0.25, -0.2) is 9.59 Å². The number of methoxy groups -OCH3 is 1. The molecule has 2 rings (SSSR count). The number of carbonyl (C=O) groups is 2. The van der Waals surface area contributed by atoms with E-state index in [0.29, 0.717) is 0 Å². The molecule has 0 spiro atoms. The number of benzene rings is 2. The van der Waals surface area contributed by atoms with Gasteiger partial charge in [0.05, 0.1) is 7.11 Å². The maximum atomic E-state index is 10.9. The Morgan fingerprint density at radius 2 is 1.45 bits per heavy atom. The van der Waals surface area contributed by atoms with Crippen LogP contribution in [0, 0.1) is 0 Å². The minimum atomic E-state index is -1.09. The van der Waals surface area contributed by atoms with Crippen LogP contribution in [-0.2, 0) is 16.0 Å². The van der Waals surface area contributed by atoms with Crippen molar-refractivity contribution in [2.75, 3.05) is 7.11 Å². The number of carboxylic acid groups (broad SMARTS) is 1. The highest BCUT2D eigenvalue weighted by molar-refractivity contribution is 5.80. The third-order valence-corrected chi connectivity index (χ3v) is 2.72. The number of aliphatic carboxylic acids is 1. The summed E-state index contributed by atoms with van der Waals surface area (Å²) >= 11 is 0. The van der Waals surface area contributed by atoms with Gasteiger partial charge in [-0.15, -0.1) is 0 Å². The van der Waals surface area contributed by atoms with Crippen LogP contribution in [0.2, 0.25) is 0 Å². The molecule has 5 nitrogen and oxygen atoms in total. The van der Waals surface area contributed by atoms with E-state index in [4.69, 9.17) is 5.11 Å². The molecule has 0 aliphatic heterocycles. The number of nitrogens with one attached hydrogen (secondary N) is 1. The van der Waals surface area contributed by atoms with E-state index in [2.05, 4.69) is 10.1 Å². The van der Waals surface area contributed by atoms with E-state index < -0.39 is 18.1 Å². The maximum Gasteiger partial charge on any atom is 0.407 e. The first-order valence-electron chi connectivity index (χ1n) is 6.74. The monoisotopic (exact) mass is 301 g/mol. The molecule has 2 N–H and O–H groups in total. The third kappa shape index (κ3) is 7.09. The van der Waals surface area contributed by atoms with Crippen LogP contribution < -0.4 is 5.32 Å². The highest BCUT2D eigenvalue weighted by Crippen LogP contribution is 2.03. The second-order valence-electron chi connectivity index (χ2n) is 4.37. The lowest BCUT2D eigenvalue weighted by molar-refractivity contribution is -0.139. The van der Waals surface area contributed by atoms with E-state index >= 15 is 0 Å². The van der Waals surface area contributed by atoms with Crippen LogP contribution in [0.3, 0.4) is 0 Å². The Balaban J connectivity index is 0.000000335. The zero-order valence-electron chi connectivity index (χ0n) is 12.3. The molecule has 2 aromatic carbocycles. The van der Waals surface area contributed by atoms with Crippen molar-refractivity contribution in [2.45, 2.75) is 12.5 Å². The summed E-state index contributed by atoms with van der Waals surface area (Å²) in [6, 6.07) is 20.1. The number of amides is 1. The van der Waals surface area contributed by atoms with E-state index in [0.717, 1.165) is 5.56 Å². The Morgan fingerprint density at radius 1 is 1.00 bits per heavy atom. The number of carboxylic acids is 1. The zero-order chi connectivity index (χ0) is 16.2. The predicted octanol–water partition coefficient (Wildman–Crippen LogP) is 2.72. The predicted molar refractivity (Wildman–Crippen MR) is 83.6 cm³/mol. The van der Waals surface area contributed by atoms with Crippen molar-refractivity contribution in [2.24, 2.45) is 0 Å². The molecule has 0 radical (unpaired) electrons. The van der Waals surface area contributed by atoms with Gasteiger partial charge >= 0.3 is 12.1 Å². The summed E-state index contributed by atoms with van der Waals surface area (Å²) in [6.45, 7) is 0. The van der Waals surface area contributed by atoms with Crippen LogP contribution in [-0.4, -0.2) is 30.3 Å². The van der Waals surface area contributed by atoms with E-state index in [-0.39, 0.29) is 6.42 Å². The second-order valence-corrected chi connectivity index (χ2v) is 4.37. The summed E-state index contributed by atoms with van der Waals surface area (Å²) in [5, 5.41) is 11.2. The number of hydrogen-bond acceptors (Lipinski definition) is 3. The Bertz CT molecular complexity index is 531. The summed E-state index contributed by atoms with van der Waals surface area (Å²) < 4.78 is 4.36. The van der Waals surface area contributed by atoms with Gasteiger partial charge in [-0.2, -0.15) is 0 Å². The van der Waals surface area contributed by atoms with Crippen LogP contribution in [0.15, 0.2) is 66.7 Å². The van der Waals surface area contributed by atoms with Gasteiger partial charge in [0, 0.05) is 6.42 Å². The highest BCUT2D eigenvalue weighted by atomic mass is 16.5. The molecule has 1 atom stereocenters. The fraction of sp³-hybridized carbons (Fsp3) is 0.176. The van der Waals surface area contributed by atoms with Gasteiger partial charge in [-0.3, -0.25) is 0 Å². The molecule has 0 aliphatic rings. The summed E-state index contributed by atoms with van der Waals surface area (Å²) in [4.78, 5) is 21.8. The minimum absolute atomic E-state index is 0.227. The van der Waals surface area contributed by atoms with Crippen molar-refractivity contribution in [3.63, 3.8) is 0 Å². The van der Waals surface area contributed by atoms with Crippen LogP contribution >= 0.6 is 0 Å². The van der Waals surface area contributed by atoms with E-state index in [9.17, 15) is 9.59 Å². The van der Waals surface area contributed by atoms with Gasteiger partial charge in [0.25, 0.3) is 0 Å². The number of alkyl carbamates (subject to hydrolysis) is 1. The quantitative estimate of drug-likeness (QED) is 0.910. The first-order chi connectivity index (χ1) is 10.6. The van der Waals surface area contributed by atoms with Crippen LogP contribution in [0.25, 0.3) is 0 Å². The standard InChI is InChI=1S/C11H13NO4.C6H6/c1-16-11(15)12-9(10(13)14)7-8-5-3-2-4-6-8;1-2-4-6-5-3-1/h2-6,9H,7H2,1H3,(H,12,15)(H,13,14);1-6H/t9-;/m1./s1. The topological polar surface area (TPSA) is 75.6 Å².